The Hall–Kier alpha value is -2.26. The number of hydrazone groups is 1. The highest BCUT2D eigenvalue weighted by Gasteiger charge is 2.27. The van der Waals surface area contributed by atoms with Crippen LogP contribution < -0.4 is 10.7 Å². The molecule has 2 heterocycles. The van der Waals surface area contributed by atoms with Crippen molar-refractivity contribution in [1.82, 2.24) is 9.73 Å². The van der Waals surface area contributed by atoms with Crippen LogP contribution in [0.25, 0.3) is 0 Å². The Morgan fingerprint density at radius 1 is 1.15 bits per heavy atom. The van der Waals surface area contributed by atoms with Crippen LogP contribution in [0.4, 0.5) is 5.69 Å². The first-order chi connectivity index (χ1) is 12.9. The molecule has 146 valence electrons. The van der Waals surface area contributed by atoms with Gasteiger partial charge in [-0.2, -0.15) is 9.41 Å². The third-order valence-corrected chi connectivity index (χ3v) is 6.84. The van der Waals surface area contributed by atoms with Gasteiger partial charge in [0.05, 0.1) is 4.90 Å². The van der Waals surface area contributed by atoms with E-state index >= 15 is 0 Å². The second-order valence-corrected chi connectivity index (χ2v) is 8.75. The second kappa shape index (κ2) is 8.18. The van der Waals surface area contributed by atoms with E-state index in [1.165, 1.54) is 10.4 Å². The molecular weight excluding hydrogens is 368 g/mol. The van der Waals surface area contributed by atoms with Crippen LogP contribution in [-0.4, -0.2) is 43.3 Å². The summed E-state index contributed by atoms with van der Waals surface area (Å²) in [7, 11) is -3.61. The first kappa shape index (κ1) is 19.5. The lowest BCUT2D eigenvalue weighted by atomic mass is 10.1. The van der Waals surface area contributed by atoms with Gasteiger partial charge in [-0.15, -0.1) is 0 Å². The fourth-order valence-corrected chi connectivity index (χ4v) is 4.99. The number of benzene rings is 1. The summed E-state index contributed by atoms with van der Waals surface area (Å²) in [5, 5.41) is 6.44. The molecule has 2 amide bonds. The van der Waals surface area contributed by atoms with Crippen LogP contribution in [0.5, 0.6) is 0 Å². The summed E-state index contributed by atoms with van der Waals surface area (Å²) in [6.45, 7) is 2.79. The zero-order valence-electron chi connectivity index (χ0n) is 15.3. The maximum Gasteiger partial charge on any atom is 0.271 e. The molecule has 0 aliphatic carbocycles. The van der Waals surface area contributed by atoms with Crippen LogP contribution in [0, 0.1) is 6.92 Å². The molecule has 27 heavy (non-hydrogen) atoms. The van der Waals surface area contributed by atoms with Gasteiger partial charge in [-0.3, -0.25) is 9.59 Å². The van der Waals surface area contributed by atoms with Crippen molar-refractivity contribution >= 4 is 33.2 Å². The molecule has 0 spiro atoms. The first-order valence-electron chi connectivity index (χ1n) is 9.15. The molecule has 0 atom stereocenters. The number of nitrogens with one attached hydrogen (secondary N) is 2. The van der Waals surface area contributed by atoms with Gasteiger partial charge >= 0.3 is 0 Å². The molecular formula is C18H24N4O4S. The molecule has 8 nitrogen and oxygen atoms in total. The molecule has 1 aromatic rings. The number of anilines is 1. The third-order valence-electron chi connectivity index (χ3n) is 4.80. The van der Waals surface area contributed by atoms with Crippen molar-refractivity contribution in [2.24, 2.45) is 5.10 Å². The van der Waals surface area contributed by atoms with E-state index in [9.17, 15) is 18.0 Å². The highest BCUT2D eigenvalue weighted by atomic mass is 32.2. The lowest BCUT2D eigenvalue weighted by molar-refractivity contribution is -0.121. The van der Waals surface area contributed by atoms with E-state index in [0.717, 1.165) is 25.7 Å². The Bertz CT molecular complexity index is 871. The summed E-state index contributed by atoms with van der Waals surface area (Å²) < 4.78 is 27.7. The monoisotopic (exact) mass is 392 g/mol. The molecule has 0 aromatic heterocycles. The Labute approximate surface area is 159 Å². The van der Waals surface area contributed by atoms with Crippen molar-refractivity contribution in [2.75, 3.05) is 18.4 Å². The summed E-state index contributed by atoms with van der Waals surface area (Å²) in [5.41, 5.74) is 3.52. The summed E-state index contributed by atoms with van der Waals surface area (Å²) in [5.74, 6) is -0.676. The van der Waals surface area contributed by atoms with Crippen LogP contribution in [0.15, 0.2) is 28.2 Å². The molecule has 9 heteroatoms. The SMILES string of the molecule is Cc1ccc(NC(=O)C2=NNC(=O)CC2)cc1S(=O)(=O)N1CCCCCC1. The predicted molar refractivity (Wildman–Crippen MR) is 102 cm³/mol. The van der Waals surface area contributed by atoms with Gasteiger partial charge in [-0.1, -0.05) is 18.9 Å². The third kappa shape index (κ3) is 4.54. The number of rotatable bonds is 4. The summed E-state index contributed by atoms with van der Waals surface area (Å²) >= 11 is 0. The van der Waals surface area contributed by atoms with Gasteiger partial charge in [0.25, 0.3) is 5.91 Å². The summed E-state index contributed by atoms with van der Waals surface area (Å²) in [6, 6.07) is 4.84. The molecule has 0 bridgehead atoms. The van der Waals surface area contributed by atoms with E-state index in [4.69, 9.17) is 0 Å². The van der Waals surface area contributed by atoms with Gasteiger partial charge in [-0.25, -0.2) is 13.8 Å². The van der Waals surface area contributed by atoms with Crippen molar-refractivity contribution < 1.29 is 18.0 Å². The minimum Gasteiger partial charge on any atom is -0.321 e. The minimum atomic E-state index is -3.61. The molecule has 2 N–H and O–H groups in total. The van der Waals surface area contributed by atoms with Crippen LogP contribution >= 0.6 is 0 Å². The van der Waals surface area contributed by atoms with Crippen molar-refractivity contribution in [2.45, 2.75) is 50.3 Å². The maximum absolute atomic E-state index is 13.1. The fraction of sp³-hybridized carbons (Fsp3) is 0.500. The van der Waals surface area contributed by atoms with Crippen molar-refractivity contribution in [3.63, 3.8) is 0 Å². The number of carbonyl (C=O) groups excluding carboxylic acids is 2. The largest absolute Gasteiger partial charge is 0.321 e. The lowest BCUT2D eigenvalue weighted by Crippen LogP contribution is -2.33. The molecule has 2 aliphatic rings. The van der Waals surface area contributed by atoms with E-state index in [1.807, 2.05) is 0 Å². The Morgan fingerprint density at radius 3 is 2.48 bits per heavy atom. The molecule has 0 saturated carbocycles. The fourth-order valence-electron chi connectivity index (χ4n) is 3.22. The number of carbonyl (C=O) groups is 2. The second-order valence-electron chi connectivity index (χ2n) is 6.85. The van der Waals surface area contributed by atoms with Gasteiger partial charge < -0.3 is 5.32 Å². The average molecular weight is 392 g/mol. The maximum atomic E-state index is 13.1. The van der Waals surface area contributed by atoms with E-state index in [2.05, 4.69) is 15.8 Å². The van der Waals surface area contributed by atoms with E-state index in [1.54, 1.807) is 19.1 Å². The van der Waals surface area contributed by atoms with Crippen LogP contribution in [-0.2, 0) is 19.6 Å². The molecule has 0 unspecified atom stereocenters. The van der Waals surface area contributed by atoms with Crippen molar-refractivity contribution in [3.05, 3.63) is 23.8 Å². The predicted octanol–water partition coefficient (Wildman–Crippen LogP) is 1.76. The number of nitrogens with zero attached hydrogens (tertiary/aromatic N) is 2. The zero-order chi connectivity index (χ0) is 19.4. The molecule has 1 saturated heterocycles. The zero-order valence-corrected chi connectivity index (χ0v) is 16.1. The van der Waals surface area contributed by atoms with Gasteiger partial charge in [0.2, 0.25) is 15.9 Å². The Morgan fingerprint density at radius 2 is 1.85 bits per heavy atom. The highest BCUT2D eigenvalue weighted by molar-refractivity contribution is 7.89. The number of aryl methyl sites for hydroxylation is 1. The van der Waals surface area contributed by atoms with Crippen LogP contribution in [0.2, 0.25) is 0 Å². The molecule has 2 aliphatic heterocycles. The van der Waals surface area contributed by atoms with Crippen molar-refractivity contribution in [3.8, 4) is 0 Å². The van der Waals surface area contributed by atoms with Gasteiger partial charge in [-0.05, 0) is 37.5 Å². The van der Waals surface area contributed by atoms with Gasteiger partial charge in [0.15, 0.2) is 0 Å². The van der Waals surface area contributed by atoms with E-state index in [0.29, 0.717) is 24.3 Å². The smallest absolute Gasteiger partial charge is 0.271 e. The van der Waals surface area contributed by atoms with Gasteiger partial charge in [0, 0.05) is 31.6 Å². The van der Waals surface area contributed by atoms with Crippen LogP contribution in [0.1, 0.15) is 44.1 Å². The van der Waals surface area contributed by atoms with Crippen molar-refractivity contribution in [1.29, 1.82) is 0 Å². The average Bonchev–Trinajstić information content (AvgIpc) is 2.93. The number of hydrogen-bond acceptors (Lipinski definition) is 5. The van der Waals surface area contributed by atoms with E-state index in [-0.39, 0.29) is 29.4 Å². The highest BCUT2D eigenvalue weighted by Crippen LogP contribution is 2.26. The lowest BCUT2D eigenvalue weighted by Gasteiger charge is -2.21. The normalized spacial score (nSPS) is 19.0. The minimum absolute atomic E-state index is 0.203. The quantitative estimate of drug-likeness (QED) is 0.814. The Kier molecular flexibility index (Phi) is 5.91. The number of amides is 2. The molecule has 1 fully saturated rings. The molecule has 0 radical (unpaired) electrons. The number of hydrogen-bond donors (Lipinski definition) is 2. The molecule has 1 aromatic carbocycles. The van der Waals surface area contributed by atoms with E-state index < -0.39 is 15.9 Å². The number of sulfonamides is 1. The van der Waals surface area contributed by atoms with Gasteiger partial charge in [0.1, 0.15) is 5.71 Å². The summed E-state index contributed by atoms with van der Waals surface area (Å²) in [6.07, 6.45) is 4.26. The molecule has 3 rings (SSSR count). The summed E-state index contributed by atoms with van der Waals surface area (Å²) in [4.78, 5) is 23.7. The topological polar surface area (TPSA) is 108 Å². The first-order valence-corrected chi connectivity index (χ1v) is 10.6. The van der Waals surface area contributed by atoms with Crippen LogP contribution in [0.3, 0.4) is 0 Å². The standard InChI is InChI=1S/C18H24N4O4S/c1-13-6-7-14(19-18(24)15-8-9-17(23)21-20-15)12-16(13)27(25,26)22-10-4-2-3-5-11-22/h6-7,12H,2-5,8-11H2,1H3,(H,19,24)(H,21,23). The Balaban J connectivity index is 1.81.